The highest BCUT2D eigenvalue weighted by molar-refractivity contribution is 6.32. The molecule has 1 aliphatic rings. The summed E-state index contributed by atoms with van der Waals surface area (Å²) in [5.41, 5.74) is 2.51. The molecule has 1 aromatic rings. The van der Waals surface area contributed by atoms with Gasteiger partial charge in [-0.25, -0.2) is 0 Å². The van der Waals surface area contributed by atoms with Crippen molar-refractivity contribution in [3.63, 3.8) is 0 Å². The topological polar surface area (TPSA) is 12.5 Å². The van der Waals surface area contributed by atoms with Gasteiger partial charge in [-0.05, 0) is 38.3 Å². The summed E-state index contributed by atoms with van der Waals surface area (Å²) in [6.07, 6.45) is 0. The monoisotopic (exact) mass is 281 g/mol. The minimum absolute atomic E-state index is 0.341. The molecular weight excluding hydrogens is 258 g/mol. The number of rotatable bonds is 2. The van der Waals surface area contributed by atoms with Crippen molar-refractivity contribution < 1.29 is 4.74 Å². The van der Waals surface area contributed by atoms with Gasteiger partial charge >= 0.3 is 0 Å². The van der Waals surface area contributed by atoms with E-state index in [1.54, 1.807) is 0 Å². The van der Waals surface area contributed by atoms with Crippen LogP contribution in [-0.2, 0) is 0 Å². The summed E-state index contributed by atoms with van der Waals surface area (Å²) in [4.78, 5) is 2.46. The third kappa shape index (κ3) is 2.90. The molecule has 19 heavy (non-hydrogen) atoms. The standard InChI is InChI=1S/C16H24ClNO/c1-10(2)13-8-14-12(5)18(11(3)4)6-7-19-16(14)15(17)9-13/h8-12H,6-7H2,1-5H3. The van der Waals surface area contributed by atoms with Crippen molar-refractivity contribution in [1.29, 1.82) is 0 Å². The lowest BCUT2D eigenvalue weighted by atomic mass is 9.96. The van der Waals surface area contributed by atoms with Crippen LogP contribution in [0.2, 0.25) is 5.02 Å². The molecule has 0 saturated carbocycles. The quantitative estimate of drug-likeness (QED) is 0.784. The van der Waals surface area contributed by atoms with Gasteiger partial charge in [-0.1, -0.05) is 31.5 Å². The highest BCUT2D eigenvalue weighted by atomic mass is 35.5. The summed E-state index contributed by atoms with van der Waals surface area (Å²) < 4.78 is 5.89. The smallest absolute Gasteiger partial charge is 0.142 e. The van der Waals surface area contributed by atoms with Gasteiger partial charge in [0.15, 0.2) is 0 Å². The van der Waals surface area contributed by atoms with Gasteiger partial charge in [-0.15, -0.1) is 0 Å². The predicted octanol–water partition coefficient (Wildman–Crippen LogP) is 4.63. The van der Waals surface area contributed by atoms with Gasteiger partial charge in [0.05, 0.1) is 5.02 Å². The number of hydrogen-bond donors (Lipinski definition) is 0. The maximum atomic E-state index is 6.41. The first-order valence-corrected chi connectivity index (χ1v) is 7.51. The number of fused-ring (bicyclic) bond motifs is 1. The van der Waals surface area contributed by atoms with Crippen LogP contribution in [0.4, 0.5) is 0 Å². The number of ether oxygens (including phenoxy) is 1. The molecule has 2 nitrogen and oxygen atoms in total. The molecule has 1 atom stereocenters. The minimum atomic E-state index is 0.341. The fraction of sp³-hybridized carbons (Fsp3) is 0.625. The third-order valence-electron chi connectivity index (χ3n) is 3.97. The molecule has 0 bridgehead atoms. The number of halogens is 1. The first kappa shape index (κ1) is 14.7. The molecule has 1 aliphatic heterocycles. The Bertz CT molecular complexity index is 456. The lowest BCUT2D eigenvalue weighted by Gasteiger charge is -2.31. The molecular formula is C16H24ClNO. The lowest BCUT2D eigenvalue weighted by molar-refractivity contribution is 0.152. The van der Waals surface area contributed by atoms with E-state index in [1.807, 2.05) is 6.07 Å². The van der Waals surface area contributed by atoms with Crippen molar-refractivity contribution in [2.75, 3.05) is 13.2 Å². The molecule has 0 saturated heterocycles. The highest BCUT2D eigenvalue weighted by Crippen LogP contribution is 2.40. The molecule has 0 spiro atoms. The zero-order valence-electron chi connectivity index (χ0n) is 12.5. The van der Waals surface area contributed by atoms with Crippen LogP contribution < -0.4 is 4.74 Å². The van der Waals surface area contributed by atoms with Gasteiger partial charge in [-0.2, -0.15) is 0 Å². The minimum Gasteiger partial charge on any atom is -0.490 e. The summed E-state index contributed by atoms with van der Waals surface area (Å²) in [7, 11) is 0. The third-order valence-corrected chi connectivity index (χ3v) is 4.25. The van der Waals surface area contributed by atoms with Crippen molar-refractivity contribution in [2.45, 2.75) is 52.6 Å². The largest absolute Gasteiger partial charge is 0.490 e. The van der Waals surface area contributed by atoms with Crippen molar-refractivity contribution in [3.8, 4) is 5.75 Å². The molecule has 0 radical (unpaired) electrons. The molecule has 0 aromatic heterocycles. The fourth-order valence-corrected chi connectivity index (χ4v) is 3.05. The molecule has 106 valence electrons. The Kier molecular flexibility index (Phi) is 4.42. The molecule has 0 aliphatic carbocycles. The van der Waals surface area contributed by atoms with Gasteiger partial charge in [0.2, 0.25) is 0 Å². The molecule has 1 heterocycles. The molecule has 0 amide bonds. The second-order valence-corrected chi connectivity index (χ2v) is 6.34. The average molecular weight is 282 g/mol. The van der Waals surface area contributed by atoms with Crippen molar-refractivity contribution >= 4 is 11.6 Å². The molecule has 0 fully saturated rings. The van der Waals surface area contributed by atoms with E-state index in [1.165, 1.54) is 11.1 Å². The maximum Gasteiger partial charge on any atom is 0.142 e. The molecule has 1 aromatic carbocycles. The van der Waals surface area contributed by atoms with Crippen LogP contribution in [0.25, 0.3) is 0 Å². The van der Waals surface area contributed by atoms with Gasteiger partial charge in [0.25, 0.3) is 0 Å². The van der Waals surface area contributed by atoms with E-state index in [4.69, 9.17) is 16.3 Å². The Labute approximate surface area is 121 Å². The van der Waals surface area contributed by atoms with Gasteiger partial charge < -0.3 is 4.74 Å². The van der Waals surface area contributed by atoms with Crippen molar-refractivity contribution in [3.05, 3.63) is 28.3 Å². The van der Waals surface area contributed by atoms with Crippen LogP contribution in [0, 0.1) is 0 Å². The van der Waals surface area contributed by atoms with Crippen LogP contribution in [0.3, 0.4) is 0 Å². The Morgan fingerprint density at radius 3 is 2.53 bits per heavy atom. The van der Waals surface area contributed by atoms with E-state index in [9.17, 15) is 0 Å². The van der Waals surface area contributed by atoms with Gasteiger partial charge in [0, 0.05) is 24.2 Å². The van der Waals surface area contributed by atoms with Crippen LogP contribution in [0.5, 0.6) is 5.75 Å². The summed E-state index contributed by atoms with van der Waals surface area (Å²) in [6, 6.07) is 5.15. The van der Waals surface area contributed by atoms with Crippen molar-refractivity contribution in [2.24, 2.45) is 0 Å². The molecule has 2 rings (SSSR count). The Morgan fingerprint density at radius 2 is 1.95 bits per heavy atom. The number of nitrogens with zero attached hydrogens (tertiary/aromatic N) is 1. The summed E-state index contributed by atoms with van der Waals surface area (Å²) in [5, 5.41) is 0.749. The summed E-state index contributed by atoms with van der Waals surface area (Å²) >= 11 is 6.41. The lowest BCUT2D eigenvalue weighted by Crippen LogP contribution is -2.35. The van der Waals surface area contributed by atoms with Gasteiger partial charge in [-0.3, -0.25) is 4.90 Å². The van der Waals surface area contributed by atoms with E-state index in [-0.39, 0.29) is 0 Å². The van der Waals surface area contributed by atoms with Crippen molar-refractivity contribution in [1.82, 2.24) is 4.90 Å². The zero-order chi connectivity index (χ0) is 14.2. The number of benzene rings is 1. The molecule has 0 N–H and O–H groups in total. The SMILES string of the molecule is CC(C)c1cc(Cl)c2c(c1)C(C)N(C(C)C)CCO2. The van der Waals surface area contributed by atoms with Crippen LogP contribution in [0.1, 0.15) is 57.7 Å². The predicted molar refractivity (Wildman–Crippen MR) is 81.3 cm³/mol. The molecule has 1 unspecified atom stereocenters. The first-order valence-electron chi connectivity index (χ1n) is 7.13. The normalized spacial score (nSPS) is 20.3. The van der Waals surface area contributed by atoms with E-state index in [0.717, 1.165) is 17.3 Å². The van der Waals surface area contributed by atoms with Gasteiger partial charge in [0.1, 0.15) is 12.4 Å². The van der Waals surface area contributed by atoms with Crippen LogP contribution in [0.15, 0.2) is 12.1 Å². The van der Waals surface area contributed by atoms with E-state index >= 15 is 0 Å². The Hall–Kier alpha value is -0.730. The van der Waals surface area contributed by atoms with Crippen LogP contribution in [-0.4, -0.2) is 24.1 Å². The second-order valence-electron chi connectivity index (χ2n) is 5.93. The van der Waals surface area contributed by atoms with E-state index in [2.05, 4.69) is 45.6 Å². The van der Waals surface area contributed by atoms with E-state index in [0.29, 0.717) is 24.6 Å². The maximum absolute atomic E-state index is 6.41. The number of hydrogen-bond acceptors (Lipinski definition) is 2. The Balaban J connectivity index is 2.49. The van der Waals surface area contributed by atoms with E-state index < -0.39 is 0 Å². The highest BCUT2D eigenvalue weighted by Gasteiger charge is 2.27. The van der Waals surface area contributed by atoms with Crippen LogP contribution >= 0.6 is 11.6 Å². The summed E-state index contributed by atoms with van der Waals surface area (Å²) in [6.45, 7) is 12.7. The fourth-order valence-electron chi connectivity index (χ4n) is 2.76. The Morgan fingerprint density at radius 1 is 1.26 bits per heavy atom. The average Bonchev–Trinajstić information content (AvgIpc) is 2.49. The first-order chi connectivity index (χ1) is 8.91. The summed E-state index contributed by atoms with van der Waals surface area (Å²) in [5.74, 6) is 1.35. The molecule has 3 heteroatoms. The zero-order valence-corrected chi connectivity index (χ0v) is 13.3. The second kappa shape index (κ2) is 5.72.